The molecule has 0 bridgehead atoms. The van der Waals surface area contributed by atoms with Crippen LogP contribution in [0, 0.1) is 12.7 Å². The highest BCUT2D eigenvalue weighted by atomic mass is 19.1. The smallest absolute Gasteiger partial charge is 0.410 e. The number of hydrogen-bond acceptors (Lipinski definition) is 4. The number of amides is 2. The molecule has 1 saturated heterocycles. The third kappa shape index (κ3) is 3.33. The van der Waals surface area contributed by atoms with Crippen molar-refractivity contribution in [3.05, 3.63) is 42.2 Å². The number of ether oxygens (including phenoxy) is 1. The van der Waals surface area contributed by atoms with Gasteiger partial charge in [0.25, 0.3) is 0 Å². The van der Waals surface area contributed by atoms with E-state index in [1.807, 2.05) is 0 Å². The number of aryl methyl sites for hydroxylation is 1. The number of carbonyl (C=O) groups is 2. The number of likely N-dealkylation sites (tertiary alicyclic amines) is 1. The average Bonchev–Trinajstić information content (AvgIpc) is 3.23. The van der Waals surface area contributed by atoms with Crippen LogP contribution in [0.15, 0.2) is 30.6 Å². The van der Waals surface area contributed by atoms with Crippen LogP contribution in [-0.4, -0.2) is 46.1 Å². The van der Waals surface area contributed by atoms with E-state index in [0.717, 1.165) is 6.42 Å². The highest BCUT2D eigenvalue weighted by Gasteiger charge is 2.34. The number of nitrogens with zero attached hydrogens (tertiary/aromatic N) is 3. The largest absolute Gasteiger partial charge is 0.453 e. The summed E-state index contributed by atoms with van der Waals surface area (Å²) < 4.78 is 20.7. The molecule has 1 N–H and O–H groups in total. The fourth-order valence-electron chi connectivity index (χ4n) is 3.01. The number of imidazole rings is 1. The lowest BCUT2D eigenvalue weighted by molar-refractivity contribution is -0.119. The first kappa shape index (κ1) is 16.9. The summed E-state index contributed by atoms with van der Waals surface area (Å²) in [6.45, 7) is 2.24. The van der Waals surface area contributed by atoms with Gasteiger partial charge in [-0.3, -0.25) is 9.69 Å². The number of halogens is 1. The van der Waals surface area contributed by atoms with E-state index in [4.69, 9.17) is 4.74 Å². The second-order valence-corrected chi connectivity index (χ2v) is 5.82. The van der Waals surface area contributed by atoms with Crippen molar-refractivity contribution < 1.29 is 18.7 Å². The van der Waals surface area contributed by atoms with Gasteiger partial charge in [0.15, 0.2) is 0 Å². The third-order valence-electron chi connectivity index (χ3n) is 4.27. The molecule has 2 aromatic rings. The molecule has 1 aliphatic rings. The van der Waals surface area contributed by atoms with Crippen molar-refractivity contribution >= 4 is 17.7 Å². The van der Waals surface area contributed by atoms with Crippen molar-refractivity contribution in [2.75, 3.05) is 19.0 Å². The number of carbonyl (C=O) groups excluding carboxylic acids is 2. The summed E-state index contributed by atoms with van der Waals surface area (Å²) in [5.74, 6) is -0.167. The van der Waals surface area contributed by atoms with Gasteiger partial charge < -0.3 is 14.6 Å². The normalized spacial score (nSPS) is 16.8. The maximum absolute atomic E-state index is 14.4. The molecule has 0 spiro atoms. The van der Waals surface area contributed by atoms with Gasteiger partial charge in [0.05, 0.1) is 12.8 Å². The minimum Gasteiger partial charge on any atom is -0.453 e. The molecular weight excluding hydrogens is 327 g/mol. The van der Waals surface area contributed by atoms with Gasteiger partial charge in [-0.15, -0.1) is 0 Å². The topological polar surface area (TPSA) is 76.5 Å². The first-order valence-electron chi connectivity index (χ1n) is 7.96. The summed E-state index contributed by atoms with van der Waals surface area (Å²) in [5.41, 5.74) is 0.686. The summed E-state index contributed by atoms with van der Waals surface area (Å²) in [7, 11) is 1.28. The van der Waals surface area contributed by atoms with Crippen molar-refractivity contribution in [1.82, 2.24) is 14.5 Å². The highest BCUT2D eigenvalue weighted by molar-refractivity contribution is 5.96. The molecule has 3 rings (SSSR count). The van der Waals surface area contributed by atoms with Crippen LogP contribution in [0.1, 0.15) is 18.7 Å². The van der Waals surface area contributed by atoms with Crippen LogP contribution < -0.4 is 5.32 Å². The van der Waals surface area contributed by atoms with Gasteiger partial charge in [-0.05, 0) is 38.0 Å². The van der Waals surface area contributed by atoms with Crippen molar-refractivity contribution in [3.63, 3.8) is 0 Å². The zero-order valence-corrected chi connectivity index (χ0v) is 14.0. The van der Waals surface area contributed by atoms with E-state index in [1.54, 1.807) is 36.0 Å². The molecule has 2 heterocycles. The fourth-order valence-corrected chi connectivity index (χ4v) is 3.01. The summed E-state index contributed by atoms with van der Waals surface area (Å²) in [5, 5.41) is 2.67. The summed E-state index contributed by atoms with van der Waals surface area (Å²) >= 11 is 0. The van der Waals surface area contributed by atoms with Crippen molar-refractivity contribution in [1.29, 1.82) is 0 Å². The molecule has 1 atom stereocenters. The van der Waals surface area contributed by atoms with E-state index >= 15 is 0 Å². The molecule has 1 aromatic carbocycles. The minimum atomic E-state index is -0.605. The Morgan fingerprint density at radius 3 is 2.84 bits per heavy atom. The Balaban J connectivity index is 1.75. The van der Waals surface area contributed by atoms with E-state index in [-0.39, 0.29) is 5.91 Å². The molecule has 1 fully saturated rings. The first-order valence-corrected chi connectivity index (χ1v) is 7.96. The van der Waals surface area contributed by atoms with Crippen LogP contribution in [0.25, 0.3) is 5.69 Å². The molecule has 132 valence electrons. The Morgan fingerprint density at radius 1 is 1.40 bits per heavy atom. The quantitative estimate of drug-likeness (QED) is 0.926. The third-order valence-corrected chi connectivity index (χ3v) is 4.27. The molecule has 25 heavy (non-hydrogen) atoms. The molecule has 0 radical (unpaired) electrons. The van der Waals surface area contributed by atoms with E-state index in [0.29, 0.717) is 30.2 Å². The standard InChI is InChI=1S/C17H19FN4O3/c1-11-19-7-9-21(11)14-6-5-12(10-13(14)18)20-16(23)15-4-3-8-22(15)17(24)25-2/h5-7,9-10,15H,3-4,8H2,1-2H3,(H,20,23). The lowest BCUT2D eigenvalue weighted by atomic mass is 10.2. The molecule has 7 nitrogen and oxygen atoms in total. The predicted octanol–water partition coefficient (Wildman–Crippen LogP) is 2.49. The Hall–Kier alpha value is -2.90. The number of rotatable bonds is 3. The van der Waals surface area contributed by atoms with Crippen LogP contribution in [0.4, 0.5) is 14.9 Å². The van der Waals surface area contributed by atoms with Crippen LogP contribution in [0.3, 0.4) is 0 Å². The Labute approximate surface area is 144 Å². The second kappa shape index (κ2) is 6.92. The first-order chi connectivity index (χ1) is 12.0. The molecule has 2 amide bonds. The maximum atomic E-state index is 14.4. The zero-order valence-electron chi connectivity index (χ0n) is 14.0. The molecular formula is C17H19FN4O3. The lowest BCUT2D eigenvalue weighted by Gasteiger charge is -2.22. The molecule has 1 aromatic heterocycles. The summed E-state index contributed by atoms with van der Waals surface area (Å²) in [6.07, 6.45) is 4.00. The van der Waals surface area contributed by atoms with Crippen LogP contribution in [-0.2, 0) is 9.53 Å². The monoisotopic (exact) mass is 346 g/mol. The number of benzene rings is 1. The average molecular weight is 346 g/mol. The van der Waals surface area contributed by atoms with Crippen LogP contribution >= 0.6 is 0 Å². The van der Waals surface area contributed by atoms with Gasteiger partial charge in [-0.2, -0.15) is 0 Å². The van der Waals surface area contributed by atoms with Gasteiger partial charge in [0, 0.05) is 24.6 Å². The molecule has 8 heteroatoms. The maximum Gasteiger partial charge on any atom is 0.410 e. The van der Waals surface area contributed by atoms with Crippen LogP contribution in [0.2, 0.25) is 0 Å². The van der Waals surface area contributed by atoms with E-state index in [9.17, 15) is 14.0 Å². The van der Waals surface area contributed by atoms with Gasteiger partial charge in [0.2, 0.25) is 5.91 Å². The van der Waals surface area contributed by atoms with E-state index in [1.165, 1.54) is 18.1 Å². The Kier molecular flexibility index (Phi) is 4.69. The number of aromatic nitrogens is 2. The summed E-state index contributed by atoms with van der Waals surface area (Å²) in [6, 6.07) is 3.84. The lowest BCUT2D eigenvalue weighted by Crippen LogP contribution is -2.43. The number of hydrogen-bond donors (Lipinski definition) is 1. The fraction of sp³-hybridized carbons (Fsp3) is 0.353. The van der Waals surface area contributed by atoms with Gasteiger partial charge in [-0.25, -0.2) is 14.2 Å². The number of nitrogens with one attached hydrogen (secondary N) is 1. The molecule has 1 unspecified atom stereocenters. The Bertz CT molecular complexity index is 805. The van der Waals surface area contributed by atoms with Gasteiger partial charge >= 0.3 is 6.09 Å². The van der Waals surface area contributed by atoms with E-state index in [2.05, 4.69) is 10.3 Å². The van der Waals surface area contributed by atoms with E-state index < -0.39 is 18.0 Å². The minimum absolute atomic E-state index is 0.334. The molecule has 1 aliphatic heterocycles. The van der Waals surface area contributed by atoms with Crippen molar-refractivity contribution in [2.24, 2.45) is 0 Å². The zero-order chi connectivity index (χ0) is 18.0. The predicted molar refractivity (Wildman–Crippen MR) is 89.0 cm³/mol. The SMILES string of the molecule is COC(=O)N1CCCC1C(=O)Nc1ccc(-n2ccnc2C)c(F)c1. The highest BCUT2D eigenvalue weighted by Crippen LogP contribution is 2.22. The van der Waals surface area contributed by atoms with Gasteiger partial charge in [-0.1, -0.05) is 0 Å². The number of anilines is 1. The van der Waals surface area contributed by atoms with Crippen molar-refractivity contribution in [2.45, 2.75) is 25.8 Å². The molecule has 0 saturated carbocycles. The van der Waals surface area contributed by atoms with Crippen molar-refractivity contribution in [3.8, 4) is 5.69 Å². The second-order valence-electron chi connectivity index (χ2n) is 5.82. The molecule has 0 aliphatic carbocycles. The number of methoxy groups -OCH3 is 1. The summed E-state index contributed by atoms with van der Waals surface area (Å²) in [4.78, 5) is 29.6. The van der Waals surface area contributed by atoms with Gasteiger partial charge in [0.1, 0.15) is 17.7 Å². The Morgan fingerprint density at radius 2 is 2.20 bits per heavy atom. The van der Waals surface area contributed by atoms with Crippen LogP contribution in [0.5, 0.6) is 0 Å².